The fraction of sp³-hybridized carbons (Fsp3) is 0.310. The van der Waals surface area contributed by atoms with Gasteiger partial charge in [0.1, 0.15) is 4.90 Å². The van der Waals surface area contributed by atoms with Crippen molar-refractivity contribution in [3.63, 3.8) is 0 Å². The minimum atomic E-state index is -4.54. The molecule has 6 rings (SSSR count). The molecule has 1 fully saturated rings. The van der Waals surface area contributed by atoms with E-state index < -0.39 is 50.6 Å². The number of nitrogens with one attached hydrogen (secondary N) is 1. The molecule has 0 unspecified atom stereocenters. The number of aromatic nitrogens is 3. The molecule has 4 heterocycles. The number of fused-ring (bicyclic) bond motifs is 2. The molecule has 0 spiro atoms. The van der Waals surface area contributed by atoms with Gasteiger partial charge in [-0.3, -0.25) is 14.8 Å². The summed E-state index contributed by atoms with van der Waals surface area (Å²) >= 11 is 0. The average molecular weight is 601 g/mol. The van der Waals surface area contributed by atoms with Crippen molar-refractivity contribution in [2.45, 2.75) is 55.0 Å². The SMILES string of the molecule is O=C(NCc1cc2nc(-c3ccc(CC(F)F)c(C4CC4)n3)ccc2cn1)c1cc(F)c2c(c1)S(=O)(=O)[C@@H](F)CCO2. The van der Waals surface area contributed by atoms with Gasteiger partial charge in [-0.15, -0.1) is 0 Å². The zero-order chi connectivity index (χ0) is 29.6. The zero-order valence-electron chi connectivity index (χ0n) is 22.0. The third-order valence-electron chi connectivity index (χ3n) is 7.18. The molecule has 0 bridgehead atoms. The summed E-state index contributed by atoms with van der Waals surface area (Å²) in [5.74, 6) is -2.31. The molecule has 4 aromatic rings. The lowest BCUT2D eigenvalue weighted by atomic mass is 10.1. The molecule has 1 aliphatic heterocycles. The summed E-state index contributed by atoms with van der Waals surface area (Å²) < 4.78 is 85.0. The number of hydrogen-bond acceptors (Lipinski definition) is 7. The Bertz CT molecular complexity index is 1820. The molecule has 13 heteroatoms. The van der Waals surface area contributed by atoms with Crippen LogP contribution in [0.15, 0.2) is 53.6 Å². The summed E-state index contributed by atoms with van der Waals surface area (Å²) in [6.45, 7) is -0.415. The van der Waals surface area contributed by atoms with Crippen LogP contribution in [-0.4, -0.2) is 47.8 Å². The molecule has 42 heavy (non-hydrogen) atoms. The van der Waals surface area contributed by atoms with E-state index in [-0.39, 0.29) is 31.1 Å². The number of sulfone groups is 1. The molecule has 1 saturated carbocycles. The topological polar surface area (TPSA) is 111 Å². The largest absolute Gasteiger partial charge is 0.489 e. The van der Waals surface area contributed by atoms with E-state index in [1.54, 1.807) is 36.5 Å². The lowest BCUT2D eigenvalue weighted by molar-refractivity contribution is 0.0949. The maximum Gasteiger partial charge on any atom is 0.251 e. The number of carbonyl (C=O) groups excluding carboxylic acids is 1. The predicted octanol–water partition coefficient (Wildman–Crippen LogP) is 5.30. The third-order valence-corrected chi connectivity index (χ3v) is 9.00. The van der Waals surface area contributed by atoms with Gasteiger partial charge < -0.3 is 10.1 Å². The van der Waals surface area contributed by atoms with Crippen molar-refractivity contribution in [3.05, 3.63) is 77.0 Å². The van der Waals surface area contributed by atoms with Crippen molar-refractivity contribution in [1.82, 2.24) is 20.3 Å². The van der Waals surface area contributed by atoms with Crippen LogP contribution in [0.5, 0.6) is 5.75 Å². The maximum atomic E-state index is 14.7. The van der Waals surface area contributed by atoms with Gasteiger partial charge >= 0.3 is 0 Å². The van der Waals surface area contributed by atoms with Gasteiger partial charge in [0.05, 0.1) is 35.8 Å². The number of halogens is 4. The summed E-state index contributed by atoms with van der Waals surface area (Å²) in [5, 5.41) is 3.28. The first-order valence-corrected chi connectivity index (χ1v) is 14.8. The van der Waals surface area contributed by atoms with Gasteiger partial charge in [0.2, 0.25) is 21.8 Å². The molecule has 8 nitrogen and oxygen atoms in total. The third kappa shape index (κ3) is 5.52. The number of benzene rings is 1. The Morgan fingerprint density at radius 1 is 1.05 bits per heavy atom. The monoisotopic (exact) mass is 600 g/mol. The van der Waals surface area contributed by atoms with Crippen LogP contribution in [0, 0.1) is 5.82 Å². The first-order valence-electron chi connectivity index (χ1n) is 13.3. The zero-order valence-corrected chi connectivity index (χ0v) is 22.8. The number of alkyl halides is 3. The Kier molecular flexibility index (Phi) is 7.29. The van der Waals surface area contributed by atoms with Crippen LogP contribution < -0.4 is 10.1 Å². The summed E-state index contributed by atoms with van der Waals surface area (Å²) in [6.07, 6.45) is 0.135. The number of ether oxygens (including phenoxy) is 1. The van der Waals surface area contributed by atoms with Crippen molar-refractivity contribution in [1.29, 1.82) is 0 Å². The Morgan fingerprint density at radius 2 is 1.81 bits per heavy atom. The minimum absolute atomic E-state index is 0.0965. The standard InChI is InChI=1S/C29H24F4N4O4S/c30-20-9-18(10-24-28(20)41-8-7-26(33)42(24,39)40)29(38)35-14-19-12-23-17(13-34-19)4-6-21(36-23)22-5-3-16(11-25(31)32)27(37-22)15-1-2-15/h3-6,9-10,12-13,15,25-26H,1-2,7-8,11,14H2,(H,35,38)/t26-/m1/s1. The Labute approximate surface area is 238 Å². The van der Waals surface area contributed by atoms with Crippen molar-refractivity contribution < 1.29 is 35.5 Å². The van der Waals surface area contributed by atoms with E-state index in [0.29, 0.717) is 39.2 Å². The molecule has 0 radical (unpaired) electrons. The van der Waals surface area contributed by atoms with Crippen LogP contribution in [0.1, 0.15) is 52.5 Å². The lowest BCUT2D eigenvalue weighted by Crippen LogP contribution is -2.24. The van der Waals surface area contributed by atoms with E-state index >= 15 is 0 Å². The fourth-order valence-electron chi connectivity index (χ4n) is 4.86. The number of pyridine rings is 3. The highest BCUT2D eigenvalue weighted by molar-refractivity contribution is 7.92. The van der Waals surface area contributed by atoms with Crippen LogP contribution in [-0.2, 0) is 22.8 Å². The van der Waals surface area contributed by atoms with Crippen LogP contribution in [0.25, 0.3) is 22.3 Å². The molecule has 2 aliphatic rings. The average Bonchev–Trinajstić information content (AvgIpc) is 3.82. The maximum absolute atomic E-state index is 14.7. The van der Waals surface area contributed by atoms with Crippen molar-refractivity contribution >= 4 is 26.6 Å². The summed E-state index contributed by atoms with van der Waals surface area (Å²) in [6, 6.07) is 10.3. The van der Waals surface area contributed by atoms with Crippen molar-refractivity contribution in [2.24, 2.45) is 0 Å². The highest BCUT2D eigenvalue weighted by Crippen LogP contribution is 2.42. The highest BCUT2D eigenvalue weighted by Gasteiger charge is 2.35. The van der Waals surface area contributed by atoms with Crippen molar-refractivity contribution in [2.75, 3.05) is 6.61 Å². The van der Waals surface area contributed by atoms with Crippen LogP contribution in [0.4, 0.5) is 17.6 Å². The van der Waals surface area contributed by atoms with Crippen molar-refractivity contribution in [3.8, 4) is 17.1 Å². The quantitative estimate of drug-likeness (QED) is 0.287. The molecule has 1 atom stereocenters. The molecule has 3 aromatic heterocycles. The van der Waals surface area contributed by atoms with E-state index in [4.69, 9.17) is 4.74 Å². The highest BCUT2D eigenvalue weighted by atomic mass is 32.2. The Morgan fingerprint density at radius 3 is 2.57 bits per heavy atom. The number of amides is 1. The van der Waals surface area contributed by atoms with E-state index in [0.717, 1.165) is 25.0 Å². The molecule has 1 N–H and O–H groups in total. The molecule has 1 amide bonds. The normalized spacial score (nSPS) is 17.9. The smallest absolute Gasteiger partial charge is 0.251 e. The number of hydrogen-bond donors (Lipinski definition) is 1. The van der Waals surface area contributed by atoms with Gasteiger partial charge in [-0.1, -0.05) is 6.07 Å². The van der Waals surface area contributed by atoms with E-state index in [2.05, 4.69) is 20.3 Å². The van der Waals surface area contributed by atoms with E-state index in [1.165, 1.54) is 0 Å². The van der Waals surface area contributed by atoms with Gasteiger partial charge in [-0.25, -0.2) is 31.0 Å². The summed E-state index contributed by atoms with van der Waals surface area (Å²) in [7, 11) is -4.54. The number of rotatable bonds is 7. The van der Waals surface area contributed by atoms with Gasteiger partial charge in [0, 0.05) is 41.6 Å². The predicted molar refractivity (Wildman–Crippen MR) is 144 cm³/mol. The van der Waals surface area contributed by atoms with Crippen LogP contribution in [0.3, 0.4) is 0 Å². The lowest BCUT2D eigenvalue weighted by Gasteiger charge is -2.12. The Balaban J connectivity index is 1.23. The molecule has 218 valence electrons. The summed E-state index contributed by atoms with van der Waals surface area (Å²) in [4.78, 5) is 25.8. The van der Waals surface area contributed by atoms with Crippen LogP contribution >= 0.6 is 0 Å². The minimum Gasteiger partial charge on any atom is -0.489 e. The van der Waals surface area contributed by atoms with Gasteiger partial charge in [0.25, 0.3) is 5.91 Å². The second-order valence-corrected chi connectivity index (χ2v) is 12.3. The first-order chi connectivity index (χ1) is 20.1. The molecular weight excluding hydrogens is 576 g/mol. The number of carbonyl (C=O) groups is 1. The Hall–Kier alpha value is -4.13. The molecule has 1 aliphatic carbocycles. The van der Waals surface area contributed by atoms with E-state index in [9.17, 15) is 30.8 Å². The van der Waals surface area contributed by atoms with Gasteiger partial charge in [-0.2, -0.15) is 0 Å². The molecular formula is C29H24F4N4O4S. The number of nitrogens with zero attached hydrogens (tertiary/aromatic N) is 3. The molecule has 1 aromatic carbocycles. The molecule has 0 saturated heterocycles. The van der Waals surface area contributed by atoms with Crippen LogP contribution in [0.2, 0.25) is 0 Å². The summed E-state index contributed by atoms with van der Waals surface area (Å²) in [5.41, 5.74) is 0.698. The van der Waals surface area contributed by atoms with Gasteiger partial charge in [0.15, 0.2) is 11.6 Å². The second kappa shape index (κ2) is 10.9. The van der Waals surface area contributed by atoms with E-state index in [1.807, 2.05) is 0 Å². The first kappa shape index (κ1) is 28.0. The second-order valence-electron chi connectivity index (χ2n) is 10.2. The fourth-order valence-corrected chi connectivity index (χ4v) is 6.25. The van der Waals surface area contributed by atoms with Gasteiger partial charge in [-0.05, 0) is 54.8 Å².